The standard InChI is InChI=1S/C9H7ClFN3O2/c10-5-1-6(11)7-2-12-8(14(7)4-5)3-13-9(15)16/h1-2,4,13H,3H2,(H,15,16). The molecule has 84 valence electrons. The number of carbonyl (C=O) groups is 1. The van der Waals surface area contributed by atoms with Crippen LogP contribution in [0.3, 0.4) is 0 Å². The molecular formula is C9H7ClFN3O2. The minimum Gasteiger partial charge on any atom is -0.465 e. The zero-order chi connectivity index (χ0) is 11.7. The lowest BCUT2D eigenvalue weighted by Crippen LogP contribution is -2.21. The summed E-state index contributed by atoms with van der Waals surface area (Å²) >= 11 is 5.69. The largest absolute Gasteiger partial charge is 0.465 e. The molecule has 0 saturated carbocycles. The zero-order valence-electron chi connectivity index (χ0n) is 7.94. The van der Waals surface area contributed by atoms with Gasteiger partial charge in [0.25, 0.3) is 0 Å². The van der Waals surface area contributed by atoms with Gasteiger partial charge in [0.05, 0.1) is 17.8 Å². The van der Waals surface area contributed by atoms with Crippen LogP contribution in [0.1, 0.15) is 5.82 Å². The molecule has 0 bridgehead atoms. The van der Waals surface area contributed by atoms with Gasteiger partial charge in [-0.15, -0.1) is 0 Å². The molecule has 0 unspecified atom stereocenters. The summed E-state index contributed by atoms with van der Waals surface area (Å²) in [6.45, 7) is -0.0106. The Labute approximate surface area is 94.5 Å². The lowest BCUT2D eigenvalue weighted by Gasteiger charge is -2.02. The predicted molar refractivity (Wildman–Crippen MR) is 55.0 cm³/mol. The van der Waals surface area contributed by atoms with E-state index < -0.39 is 11.9 Å². The molecule has 0 aliphatic heterocycles. The number of amides is 1. The van der Waals surface area contributed by atoms with Gasteiger partial charge in [-0.3, -0.25) is 4.40 Å². The quantitative estimate of drug-likeness (QED) is 0.847. The van der Waals surface area contributed by atoms with Gasteiger partial charge in [0.15, 0.2) is 0 Å². The summed E-state index contributed by atoms with van der Waals surface area (Å²) in [6, 6.07) is 1.17. The van der Waals surface area contributed by atoms with Crippen molar-refractivity contribution in [2.75, 3.05) is 0 Å². The molecule has 2 N–H and O–H groups in total. The van der Waals surface area contributed by atoms with Crippen molar-refractivity contribution in [3.63, 3.8) is 0 Å². The Hall–Kier alpha value is -1.82. The number of carboxylic acid groups (broad SMARTS) is 1. The number of aromatic nitrogens is 2. The highest BCUT2D eigenvalue weighted by Crippen LogP contribution is 2.17. The van der Waals surface area contributed by atoms with Crippen LogP contribution in [-0.2, 0) is 6.54 Å². The Morgan fingerprint density at radius 3 is 3.12 bits per heavy atom. The molecule has 0 radical (unpaired) electrons. The first-order valence-corrected chi connectivity index (χ1v) is 4.73. The van der Waals surface area contributed by atoms with Crippen molar-refractivity contribution >= 4 is 23.2 Å². The van der Waals surface area contributed by atoms with Crippen LogP contribution in [0, 0.1) is 5.82 Å². The maximum absolute atomic E-state index is 13.4. The molecular weight excluding hydrogens is 237 g/mol. The molecule has 0 aromatic carbocycles. The topological polar surface area (TPSA) is 66.6 Å². The Morgan fingerprint density at radius 1 is 1.69 bits per heavy atom. The molecule has 0 spiro atoms. The van der Waals surface area contributed by atoms with Crippen LogP contribution in [0.4, 0.5) is 9.18 Å². The second-order valence-electron chi connectivity index (χ2n) is 3.09. The monoisotopic (exact) mass is 243 g/mol. The van der Waals surface area contributed by atoms with E-state index in [1.54, 1.807) is 0 Å². The molecule has 0 saturated heterocycles. The van der Waals surface area contributed by atoms with Crippen LogP contribution in [0.15, 0.2) is 18.5 Å². The number of halogens is 2. The lowest BCUT2D eigenvalue weighted by atomic mass is 10.4. The fourth-order valence-electron chi connectivity index (χ4n) is 1.36. The SMILES string of the molecule is O=C(O)NCc1ncc2c(F)cc(Cl)cn12. The molecule has 1 amide bonds. The van der Waals surface area contributed by atoms with E-state index >= 15 is 0 Å². The smallest absolute Gasteiger partial charge is 0.405 e. The maximum Gasteiger partial charge on any atom is 0.405 e. The number of nitrogens with one attached hydrogen (secondary N) is 1. The van der Waals surface area contributed by atoms with E-state index in [0.717, 1.165) is 0 Å². The first-order chi connectivity index (χ1) is 7.58. The lowest BCUT2D eigenvalue weighted by molar-refractivity contribution is 0.193. The Morgan fingerprint density at radius 2 is 2.44 bits per heavy atom. The summed E-state index contributed by atoms with van der Waals surface area (Å²) in [4.78, 5) is 14.2. The highest BCUT2D eigenvalue weighted by Gasteiger charge is 2.09. The van der Waals surface area contributed by atoms with E-state index in [9.17, 15) is 9.18 Å². The van der Waals surface area contributed by atoms with Gasteiger partial charge < -0.3 is 10.4 Å². The molecule has 2 heterocycles. The Kier molecular flexibility index (Phi) is 2.66. The number of imidazole rings is 1. The average Bonchev–Trinajstić information content (AvgIpc) is 2.58. The molecule has 2 aromatic rings. The molecule has 0 aliphatic carbocycles. The minimum atomic E-state index is -1.17. The summed E-state index contributed by atoms with van der Waals surface area (Å²) in [5.41, 5.74) is 0.256. The summed E-state index contributed by atoms with van der Waals surface area (Å²) in [5.74, 6) is -0.125. The summed E-state index contributed by atoms with van der Waals surface area (Å²) in [5, 5.41) is 10.8. The van der Waals surface area contributed by atoms with Crippen molar-refractivity contribution in [1.29, 1.82) is 0 Å². The second kappa shape index (κ2) is 3.97. The van der Waals surface area contributed by atoms with Crippen LogP contribution in [0.5, 0.6) is 0 Å². The van der Waals surface area contributed by atoms with Crippen molar-refractivity contribution in [3.05, 3.63) is 35.1 Å². The normalized spacial score (nSPS) is 10.6. The van der Waals surface area contributed by atoms with E-state index in [1.165, 1.54) is 22.9 Å². The number of hydrogen-bond acceptors (Lipinski definition) is 2. The third-order valence-electron chi connectivity index (χ3n) is 2.03. The number of nitrogens with zero attached hydrogens (tertiary/aromatic N) is 2. The Bertz CT molecular complexity index is 555. The van der Waals surface area contributed by atoms with E-state index in [2.05, 4.69) is 10.3 Å². The second-order valence-corrected chi connectivity index (χ2v) is 3.53. The summed E-state index contributed by atoms with van der Waals surface area (Å²) in [7, 11) is 0. The fraction of sp³-hybridized carbons (Fsp3) is 0.111. The number of pyridine rings is 1. The number of rotatable bonds is 2. The van der Waals surface area contributed by atoms with Gasteiger partial charge in [-0.25, -0.2) is 14.2 Å². The van der Waals surface area contributed by atoms with Crippen LogP contribution < -0.4 is 5.32 Å². The van der Waals surface area contributed by atoms with Crippen molar-refractivity contribution in [2.24, 2.45) is 0 Å². The molecule has 0 fully saturated rings. The van der Waals surface area contributed by atoms with Gasteiger partial charge in [0, 0.05) is 6.20 Å². The molecule has 2 rings (SSSR count). The average molecular weight is 244 g/mol. The Balaban J connectivity index is 2.43. The molecule has 0 aliphatic rings. The first-order valence-electron chi connectivity index (χ1n) is 4.35. The van der Waals surface area contributed by atoms with Crippen LogP contribution in [0.2, 0.25) is 5.02 Å². The third kappa shape index (κ3) is 1.92. The molecule has 0 atom stereocenters. The highest BCUT2D eigenvalue weighted by molar-refractivity contribution is 6.30. The van der Waals surface area contributed by atoms with Crippen LogP contribution in [-0.4, -0.2) is 20.6 Å². The van der Waals surface area contributed by atoms with E-state index in [4.69, 9.17) is 16.7 Å². The van der Waals surface area contributed by atoms with Gasteiger partial charge in [0.1, 0.15) is 17.2 Å². The van der Waals surface area contributed by atoms with Gasteiger partial charge in [-0.05, 0) is 6.07 Å². The van der Waals surface area contributed by atoms with Crippen molar-refractivity contribution in [2.45, 2.75) is 6.54 Å². The zero-order valence-corrected chi connectivity index (χ0v) is 8.70. The summed E-state index contributed by atoms with van der Waals surface area (Å²) < 4.78 is 14.8. The molecule has 16 heavy (non-hydrogen) atoms. The number of hydrogen-bond donors (Lipinski definition) is 2. The molecule has 2 aromatic heterocycles. The summed E-state index contributed by atoms with van der Waals surface area (Å²) in [6.07, 6.45) is 1.63. The van der Waals surface area contributed by atoms with E-state index in [1.807, 2.05) is 0 Å². The molecule has 7 heteroatoms. The van der Waals surface area contributed by atoms with Gasteiger partial charge in [0.2, 0.25) is 0 Å². The third-order valence-corrected chi connectivity index (χ3v) is 2.24. The fourth-order valence-corrected chi connectivity index (χ4v) is 1.55. The van der Waals surface area contributed by atoms with Gasteiger partial charge >= 0.3 is 6.09 Å². The van der Waals surface area contributed by atoms with Gasteiger partial charge in [-0.1, -0.05) is 11.6 Å². The highest BCUT2D eigenvalue weighted by atomic mass is 35.5. The first kappa shape index (κ1) is 10.7. The minimum absolute atomic E-state index is 0.0106. The number of fused-ring (bicyclic) bond motifs is 1. The van der Waals surface area contributed by atoms with Crippen molar-refractivity contribution in [1.82, 2.24) is 14.7 Å². The van der Waals surface area contributed by atoms with Crippen LogP contribution in [0.25, 0.3) is 5.52 Å². The van der Waals surface area contributed by atoms with Gasteiger partial charge in [-0.2, -0.15) is 0 Å². The van der Waals surface area contributed by atoms with Crippen LogP contribution >= 0.6 is 11.6 Å². The van der Waals surface area contributed by atoms with E-state index in [0.29, 0.717) is 5.82 Å². The molecule has 5 nitrogen and oxygen atoms in total. The maximum atomic E-state index is 13.4. The predicted octanol–water partition coefficient (Wildman–Crippen LogP) is 1.89. The van der Waals surface area contributed by atoms with Crippen molar-refractivity contribution in [3.8, 4) is 0 Å². The van der Waals surface area contributed by atoms with Crippen molar-refractivity contribution < 1.29 is 14.3 Å². The van der Waals surface area contributed by atoms with E-state index in [-0.39, 0.29) is 17.1 Å².